The highest BCUT2D eigenvalue weighted by atomic mass is 16.1. The van der Waals surface area contributed by atoms with E-state index in [1.54, 1.807) is 5.57 Å². The number of hydrogen-bond acceptors (Lipinski definition) is 1. The van der Waals surface area contributed by atoms with Crippen molar-refractivity contribution in [2.24, 2.45) is 23.2 Å². The van der Waals surface area contributed by atoms with E-state index < -0.39 is 0 Å². The zero-order chi connectivity index (χ0) is 12.0. The molecule has 3 rings (SSSR count). The SMILES string of the molecule is CC1(C)C(=O)C2CCCC2CC=C2CCC1C2. The normalized spacial score (nSPS) is 40.2. The smallest absolute Gasteiger partial charge is 0.142 e. The fourth-order valence-corrected chi connectivity index (χ4v) is 4.34. The molecular weight excluding hydrogens is 208 g/mol. The van der Waals surface area contributed by atoms with E-state index in [9.17, 15) is 4.79 Å². The number of carbonyl (C=O) groups excluding carboxylic acids is 1. The number of rotatable bonds is 0. The molecule has 3 unspecified atom stereocenters. The van der Waals surface area contributed by atoms with Gasteiger partial charge in [0.05, 0.1) is 0 Å². The lowest BCUT2D eigenvalue weighted by molar-refractivity contribution is -0.135. The Kier molecular flexibility index (Phi) is 2.68. The van der Waals surface area contributed by atoms with Gasteiger partial charge in [0.25, 0.3) is 0 Å². The minimum atomic E-state index is -0.0762. The molecule has 2 saturated carbocycles. The van der Waals surface area contributed by atoms with Crippen LogP contribution in [0.2, 0.25) is 0 Å². The number of carbonyl (C=O) groups is 1. The summed E-state index contributed by atoms with van der Waals surface area (Å²) >= 11 is 0. The summed E-state index contributed by atoms with van der Waals surface area (Å²) in [6.45, 7) is 4.42. The number of allylic oxidation sites excluding steroid dienone is 2. The fourth-order valence-electron chi connectivity index (χ4n) is 4.34. The average Bonchev–Trinajstić information content (AvgIpc) is 2.93. The molecule has 0 saturated heterocycles. The molecule has 1 heteroatoms. The van der Waals surface area contributed by atoms with Crippen LogP contribution >= 0.6 is 0 Å². The van der Waals surface area contributed by atoms with Gasteiger partial charge in [0.2, 0.25) is 0 Å². The highest BCUT2D eigenvalue weighted by Gasteiger charge is 2.46. The van der Waals surface area contributed by atoms with Gasteiger partial charge in [0, 0.05) is 11.3 Å². The Labute approximate surface area is 105 Å². The topological polar surface area (TPSA) is 17.1 Å². The second-order valence-corrected chi connectivity index (χ2v) is 6.92. The van der Waals surface area contributed by atoms with Crippen molar-refractivity contribution >= 4 is 5.78 Å². The van der Waals surface area contributed by atoms with Crippen LogP contribution in [0.4, 0.5) is 0 Å². The van der Waals surface area contributed by atoms with Gasteiger partial charge < -0.3 is 0 Å². The van der Waals surface area contributed by atoms with Gasteiger partial charge in [-0.05, 0) is 50.4 Å². The zero-order valence-corrected chi connectivity index (χ0v) is 11.2. The van der Waals surface area contributed by atoms with E-state index in [-0.39, 0.29) is 5.41 Å². The first kappa shape index (κ1) is 11.5. The van der Waals surface area contributed by atoms with E-state index in [1.165, 1.54) is 38.5 Å². The molecule has 0 heterocycles. The lowest BCUT2D eigenvalue weighted by atomic mass is 9.69. The van der Waals surface area contributed by atoms with Gasteiger partial charge in [0.1, 0.15) is 5.78 Å². The Hall–Kier alpha value is -0.590. The van der Waals surface area contributed by atoms with Crippen molar-refractivity contribution in [1.82, 2.24) is 0 Å². The van der Waals surface area contributed by atoms with Crippen molar-refractivity contribution in [2.45, 2.75) is 58.8 Å². The first-order valence-electron chi connectivity index (χ1n) is 7.31. The summed E-state index contributed by atoms with van der Waals surface area (Å²) in [5.41, 5.74) is 1.57. The molecule has 0 N–H and O–H groups in total. The Morgan fingerprint density at radius 1 is 1.24 bits per heavy atom. The van der Waals surface area contributed by atoms with E-state index in [2.05, 4.69) is 19.9 Å². The van der Waals surface area contributed by atoms with Gasteiger partial charge in [0.15, 0.2) is 0 Å². The van der Waals surface area contributed by atoms with Crippen LogP contribution in [0.25, 0.3) is 0 Å². The highest BCUT2D eigenvalue weighted by Crippen LogP contribution is 2.49. The van der Waals surface area contributed by atoms with Gasteiger partial charge in [-0.2, -0.15) is 0 Å². The third-order valence-corrected chi connectivity index (χ3v) is 5.68. The molecule has 3 aliphatic carbocycles. The lowest BCUT2D eigenvalue weighted by Gasteiger charge is -2.33. The monoisotopic (exact) mass is 232 g/mol. The molecule has 0 aliphatic heterocycles. The van der Waals surface area contributed by atoms with Gasteiger partial charge in [-0.15, -0.1) is 0 Å². The average molecular weight is 232 g/mol. The molecule has 0 aromatic rings. The minimum absolute atomic E-state index is 0.0762. The Morgan fingerprint density at radius 3 is 2.88 bits per heavy atom. The van der Waals surface area contributed by atoms with Crippen molar-refractivity contribution in [1.29, 1.82) is 0 Å². The third-order valence-electron chi connectivity index (χ3n) is 5.68. The number of fused-ring (bicyclic) bond motifs is 3. The summed E-state index contributed by atoms with van der Waals surface area (Å²) < 4.78 is 0. The molecule has 0 spiro atoms. The van der Waals surface area contributed by atoms with Gasteiger partial charge >= 0.3 is 0 Å². The fraction of sp³-hybridized carbons (Fsp3) is 0.812. The summed E-state index contributed by atoms with van der Waals surface area (Å²) in [6.07, 6.45) is 11.0. The maximum Gasteiger partial charge on any atom is 0.142 e. The Balaban J connectivity index is 1.97. The quantitative estimate of drug-likeness (QED) is 0.574. The largest absolute Gasteiger partial charge is 0.299 e. The third kappa shape index (κ3) is 1.78. The molecule has 17 heavy (non-hydrogen) atoms. The van der Waals surface area contributed by atoms with Crippen LogP contribution in [0.5, 0.6) is 0 Å². The predicted octanol–water partition coefficient (Wildman–Crippen LogP) is 4.13. The van der Waals surface area contributed by atoms with Crippen molar-refractivity contribution in [3.8, 4) is 0 Å². The van der Waals surface area contributed by atoms with Crippen LogP contribution in [0.15, 0.2) is 11.6 Å². The molecule has 0 aromatic carbocycles. The van der Waals surface area contributed by atoms with E-state index in [1.807, 2.05) is 0 Å². The highest BCUT2D eigenvalue weighted by molar-refractivity contribution is 5.87. The summed E-state index contributed by atoms with van der Waals surface area (Å²) in [7, 11) is 0. The van der Waals surface area contributed by atoms with Crippen LogP contribution in [-0.4, -0.2) is 5.78 Å². The molecule has 0 radical (unpaired) electrons. The number of Topliss-reactive ketones (excluding diaryl/α,β-unsaturated/α-hetero) is 1. The molecule has 1 nitrogen and oxygen atoms in total. The molecule has 94 valence electrons. The maximum atomic E-state index is 12.8. The second kappa shape index (κ2) is 3.96. The second-order valence-electron chi connectivity index (χ2n) is 6.92. The van der Waals surface area contributed by atoms with Gasteiger partial charge in [-0.25, -0.2) is 0 Å². The predicted molar refractivity (Wildman–Crippen MR) is 69.7 cm³/mol. The maximum absolute atomic E-state index is 12.8. The van der Waals surface area contributed by atoms with Crippen LogP contribution in [0.3, 0.4) is 0 Å². The molecule has 3 aliphatic rings. The van der Waals surface area contributed by atoms with Crippen LogP contribution in [0.1, 0.15) is 58.8 Å². The summed E-state index contributed by atoms with van der Waals surface area (Å²) in [4.78, 5) is 12.8. The van der Waals surface area contributed by atoms with Crippen molar-refractivity contribution in [2.75, 3.05) is 0 Å². The van der Waals surface area contributed by atoms with Crippen molar-refractivity contribution in [3.63, 3.8) is 0 Å². The lowest BCUT2D eigenvalue weighted by Crippen LogP contribution is -2.37. The number of ketones is 1. The molecule has 2 bridgehead atoms. The summed E-state index contributed by atoms with van der Waals surface area (Å²) in [6, 6.07) is 0. The van der Waals surface area contributed by atoms with Crippen LogP contribution < -0.4 is 0 Å². The molecule has 2 fully saturated rings. The van der Waals surface area contributed by atoms with Gasteiger partial charge in [-0.3, -0.25) is 4.79 Å². The van der Waals surface area contributed by atoms with Crippen molar-refractivity contribution < 1.29 is 4.79 Å². The number of hydrogen-bond donors (Lipinski definition) is 0. The first-order chi connectivity index (χ1) is 8.09. The first-order valence-corrected chi connectivity index (χ1v) is 7.31. The Bertz CT molecular complexity index is 364. The van der Waals surface area contributed by atoms with Crippen LogP contribution in [-0.2, 0) is 4.79 Å². The molecule has 3 atom stereocenters. The van der Waals surface area contributed by atoms with E-state index in [4.69, 9.17) is 0 Å². The summed E-state index contributed by atoms with van der Waals surface area (Å²) in [5, 5.41) is 0. The van der Waals surface area contributed by atoms with E-state index in [0.29, 0.717) is 23.5 Å². The Morgan fingerprint density at radius 2 is 2.06 bits per heavy atom. The van der Waals surface area contributed by atoms with E-state index >= 15 is 0 Å². The standard InChI is InChI=1S/C16H24O/c1-16(2)13-9-7-11(10-13)6-8-12-4-3-5-14(12)15(16)17/h6,12-14H,3-5,7-10H2,1-2H3. The molecular formula is C16H24O. The molecule has 0 amide bonds. The minimum Gasteiger partial charge on any atom is -0.299 e. The zero-order valence-electron chi connectivity index (χ0n) is 11.2. The summed E-state index contributed by atoms with van der Waals surface area (Å²) in [5.74, 6) is 2.23. The van der Waals surface area contributed by atoms with E-state index in [0.717, 1.165) is 6.42 Å². The van der Waals surface area contributed by atoms with Crippen LogP contribution in [0, 0.1) is 23.2 Å². The molecule has 0 aromatic heterocycles. The van der Waals surface area contributed by atoms with Gasteiger partial charge in [-0.1, -0.05) is 31.9 Å². The van der Waals surface area contributed by atoms with Crippen molar-refractivity contribution in [3.05, 3.63) is 11.6 Å².